The highest BCUT2D eigenvalue weighted by Gasteiger charge is 1.92. The lowest BCUT2D eigenvalue weighted by atomic mass is 10.2. The van der Waals surface area contributed by atoms with Gasteiger partial charge in [-0.05, 0) is 32.9 Å². The predicted octanol–water partition coefficient (Wildman–Crippen LogP) is 3.06. The fourth-order valence-corrected chi connectivity index (χ4v) is 0.983. The van der Waals surface area contributed by atoms with Crippen molar-refractivity contribution in [3.05, 3.63) is 29.8 Å². The maximum absolute atomic E-state index is 3.33. The van der Waals surface area contributed by atoms with Crippen LogP contribution in [-0.4, -0.2) is 6.04 Å². The zero-order valence-electron chi connectivity index (χ0n) is 7.39. The van der Waals surface area contributed by atoms with Gasteiger partial charge in [0.2, 0.25) is 0 Å². The van der Waals surface area contributed by atoms with Crippen LogP contribution in [-0.2, 0) is 0 Å². The highest BCUT2D eigenvalue weighted by Crippen LogP contribution is 2.09. The first-order valence-corrected chi connectivity index (χ1v) is 4.01. The lowest BCUT2D eigenvalue weighted by Crippen LogP contribution is -2.09. The zero-order valence-corrected chi connectivity index (χ0v) is 7.39. The molecule has 1 heteroatoms. The molecule has 62 valence electrons. The zero-order chi connectivity index (χ0) is 8.27. The Labute approximate surface area is 69.9 Å². The number of benzene rings is 1. The number of rotatable bonds is 2. The maximum Gasteiger partial charge on any atom is 0.0342 e. The minimum absolute atomic E-state index is 0. The number of hydrogen-bond donors (Lipinski definition) is 1. The smallest absolute Gasteiger partial charge is 0.0342 e. The molecule has 0 aliphatic heterocycles. The molecular formula is C10H17N. The second kappa shape index (κ2) is 3.42. The lowest BCUT2D eigenvalue weighted by Gasteiger charge is -2.09. The van der Waals surface area contributed by atoms with E-state index >= 15 is 0 Å². The number of anilines is 1. The van der Waals surface area contributed by atoms with E-state index in [1.165, 1.54) is 11.3 Å². The van der Waals surface area contributed by atoms with Crippen LogP contribution in [0.25, 0.3) is 0 Å². The molecule has 0 atom stereocenters. The van der Waals surface area contributed by atoms with E-state index in [2.05, 4.69) is 50.4 Å². The van der Waals surface area contributed by atoms with Crippen LogP contribution < -0.4 is 5.32 Å². The van der Waals surface area contributed by atoms with Crippen LogP contribution in [0.1, 0.15) is 20.8 Å². The Kier molecular flexibility index (Phi) is 2.53. The van der Waals surface area contributed by atoms with Crippen molar-refractivity contribution < 1.29 is 1.43 Å². The standard InChI is InChI=1S/C10H15N.H2/c1-8(2)11-10-6-4-9(3)5-7-10;/h4-8,11H,1-3H3;1H. The first-order chi connectivity index (χ1) is 5.18. The molecule has 1 nitrogen and oxygen atoms in total. The number of hydrogen-bond acceptors (Lipinski definition) is 1. The van der Waals surface area contributed by atoms with Crippen LogP contribution in [0.3, 0.4) is 0 Å². The predicted molar refractivity (Wildman–Crippen MR) is 52.1 cm³/mol. The van der Waals surface area contributed by atoms with Gasteiger partial charge in [-0.1, -0.05) is 17.7 Å². The molecule has 0 aromatic heterocycles. The molecule has 1 N–H and O–H groups in total. The van der Waals surface area contributed by atoms with Crippen molar-refractivity contribution in [2.45, 2.75) is 26.8 Å². The van der Waals surface area contributed by atoms with Crippen molar-refractivity contribution in [2.75, 3.05) is 5.32 Å². The number of nitrogens with one attached hydrogen (secondary N) is 1. The van der Waals surface area contributed by atoms with E-state index in [9.17, 15) is 0 Å². The second-order valence-corrected chi connectivity index (χ2v) is 3.17. The third-order valence-corrected chi connectivity index (χ3v) is 1.51. The van der Waals surface area contributed by atoms with Crippen molar-refractivity contribution in [2.24, 2.45) is 0 Å². The summed E-state index contributed by atoms with van der Waals surface area (Å²) in [6, 6.07) is 8.96. The van der Waals surface area contributed by atoms with E-state index in [4.69, 9.17) is 0 Å². The van der Waals surface area contributed by atoms with E-state index in [0.29, 0.717) is 6.04 Å². The number of aryl methyl sites for hydroxylation is 1. The Bertz CT molecular complexity index is 216. The molecular weight excluding hydrogens is 134 g/mol. The van der Waals surface area contributed by atoms with E-state index in [-0.39, 0.29) is 1.43 Å². The second-order valence-electron chi connectivity index (χ2n) is 3.17. The van der Waals surface area contributed by atoms with Crippen molar-refractivity contribution in [3.63, 3.8) is 0 Å². The third-order valence-electron chi connectivity index (χ3n) is 1.51. The summed E-state index contributed by atoms with van der Waals surface area (Å²) in [4.78, 5) is 0. The Morgan fingerprint density at radius 2 is 1.73 bits per heavy atom. The maximum atomic E-state index is 3.33. The highest BCUT2D eigenvalue weighted by atomic mass is 14.9. The van der Waals surface area contributed by atoms with Gasteiger partial charge in [-0.15, -0.1) is 0 Å². The normalized spacial score (nSPS) is 10.2. The SMILES string of the molecule is Cc1ccc(NC(C)C)cc1.[HH]. The average Bonchev–Trinajstić information content (AvgIpc) is 1.93. The third kappa shape index (κ3) is 2.62. The molecule has 0 aliphatic carbocycles. The van der Waals surface area contributed by atoms with Gasteiger partial charge in [-0.2, -0.15) is 0 Å². The van der Waals surface area contributed by atoms with Gasteiger partial charge in [0.1, 0.15) is 0 Å². The fraction of sp³-hybridized carbons (Fsp3) is 0.400. The van der Waals surface area contributed by atoms with E-state index in [1.807, 2.05) is 0 Å². The van der Waals surface area contributed by atoms with Gasteiger partial charge in [0.05, 0.1) is 0 Å². The largest absolute Gasteiger partial charge is 0.383 e. The summed E-state index contributed by atoms with van der Waals surface area (Å²) >= 11 is 0. The highest BCUT2D eigenvalue weighted by molar-refractivity contribution is 5.44. The van der Waals surface area contributed by atoms with Crippen molar-refractivity contribution in [3.8, 4) is 0 Å². The van der Waals surface area contributed by atoms with E-state index in [1.54, 1.807) is 0 Å². The molecule has 0 spiro atoms. The van der Waals surface area contributed by atoms with Crippen molar-refractivity contribution >= 4 is 5.69 Å². The molecule has 0 aliphatic rings. The topological polar surface area (TPSA) is 12.0 Å². The molecule has 1 aromatic carbocycles. The van der Waals surface area contributed by atoms with Gasteiger partial charge in [-0.25, -0.2) is 0 Å². The van der Waals surface area contributed by atoms with Crippen LogP contribution in [0.4, 0.5) is 5.69 Å². The minimum atomic E-state index is 0. The van der Waals surface area contributed by atoms with Crippen LogP contribution in [0.5, 0.6) is 0 Å². The molecule has 0 saturated heterocycles. The molecule has 0 amide bonds. The minimum Gasteiger partial charge on any atom is -0.383 e. The van der Waals surface area contributed by atoms with Crippen LogP contribution in [0.15, 0.2) is 24.3 Å². The van der Waals surface area contributed by atoms with Crippen molar-refractivity contribution in [1.29, 1.82) is 0 Å². The Balaban J connectivity index is 0.00000121. The first-order valence-electron chi connectivity index (χ1n) is 4.01. The summed E-state index contributed by atoms with van der Waals surface area (Å²) in [6.45, 7) is 6.37. The summed E-state index contributed by atoms with van der Waals surface area (Å²) in [5.74, 6) is 0. The molecule has 0 heterocycles. The molecule has 11 heavy (non-hydrogen) atoms. The van der Waals surface area contributed by atoms with E-state index < -0.39 is 0 Å². The molecule has 0 radical (unpaired) electrons. The molecule has 1 aromatic rings. The molecule has 0 fully saturated rings. The summed E-state index contributed by atoms with van der Waals surface area (Å²) in [5, 5.41) is 3.33. The first kappa shape index (κ1) is 8.12. The molecule has 0 saturated carbocycles. The van der Waals surface area contributed by atoms with Gasteiger partial charge in [0.15, 0.2) is 0 Å². The Morgan fingerprint density at radius 3 is 2.18 bits per heavy atom. The molecule has 0 bridgehead atoms. The summed E-state index contributed by atoms with van der Waals surface area (Å²) < 4.78 is 0. The molecule has 1 rings (SSSR count). The van der Waals surface area contributed by atoms with Crippen LogP contribution in [0, 0.1) is 6.92 Å². The fourth-order valence-electron chi connectivity index (χ4n) is 0.983. The monoisotopic (exact) mass is 151 g/mol. The van der Waals surface area contributed by atoms with Gasteiger partial charge >= 0.3 is 0 Å². The Hall–Kier alpha value is -0.980. The van der Waals surface area contributed by atoms with Gasteiger partial charge < -0.3 is 5.32 Å². The van der Waals surface area contributed by atoms with Crippen molar-refractivity contribution in [1.82, 2.24) is 0 Å². The lowest BCUT2D eigenvalue weighted by molar-refractivity contribution is 0.899. The summed E-state index contributed by atoms with van der Waals surface area (Å²) in [5.41, 5.74) is 2.50. The Morgan fingerprint density at radius 1 is 1.18 bits per heavy atom. The van der Waals surface area contributed by atoms with Gasteiger partial charge in [0, 0.05) is 13.2 Å². The van der Waals surface area contributed by atoms with Gasteiger partial charge in [-0.3, -0.25) is 0 Å². The molecule has 0 unspecified atom stereocenters. The van der Waals surface area contributed by atoms with Crippen LogP contribution in [0.2, 0.25) is 0 Å². The van der Waals surface area contributed by atoms with Gasteiger partial charge in [0.25, 0.3) is 0 Å². The van der Waals surface area contributed by atoms with E-state index in [0.717, 1.165) is 0 Å². The quantitative estimate of drug-likeness (QED) is 0.685. The van der Waals surface area contributed by atoms with Crippen LogP contribution >= 0.6 is 0 Å². The summed E-state index contributed by atoms with van der Waals surface area (Å²) in [6.07, 6.45) is 0. The average molecular weight is 151 g/mol. The summed E-state index contributed by atoms with van der Waals surface area (Å²) in [7, 11) is 0.